The summed E-state index contributed by atoms with van der Waals surface area (Å²) in [5.41, 5.74) is 0.845. The minimum Gasteiger partial charge on any atom is -0.264 e. The summed E-state index contributed by atoms with van der Waals surface area (Å²) in [6.45, 7) is 3.37. The Morgan fingerprint density at radius 2 is 1.95 bits per heavy atom. The zero-order valence-electron chi connectivity index (χ0n) is 10.7. The highest BCUT2D eigenvalue weighted by molar-refractivity contribution is 7.92. The van der Waals surface area contributed by atoms with Crippen LogP contribution in [0.1, 0.15) is 11.1 Å². The summed E-state index contributed by atoms with van der Waals surface area (Å²) < 4.78 is 26.7. The number of nitro groups is 1. The van der Waals surface area contributed by atoms with Gasteiger partial charge in [-0.25, -0.2) is 8.42 Å². The van der Waals surface area contributed by atoms with E-state index in [0.717, 1.165) is 0 Å². The summed E-state index contributed by atoms with van der Waals surface area (Å²) in [6.07, 6.45) is 1.37. The molecule has 0 amide bonds. The number of aromatic amines is 1. The fourth-order valence-corrected chi connectivity index (χ4v) is 2.90. The molecule has 0 aliphatic carbocycles. The Balaban J connectivity index is 2.56. The van der Waals surface area contributed by atoms with E-state index in [0.29, 0.717) is 11.1 Å². The number of hydrogen-bond acceptors (Lipinski definition) is 5. The van der Waals surface area contributed by atoms with Gasteiger partial charge in [0.1, 0.15) is 5.82 Å². The summed E-state index contributed by atoms with van der Waals surface area (Å²) in [5.74, 6) is 0.137. The molecule has 0 unspecified atom stereocenters. The Kier molecular flexibility index (Phi) is 3.45. The molecule has 9 heteroatoms. The van der Waals surface area contributed by atoms with Crippen LogP contribution in [0.3, 0.4) is 0 Å². The predicted octanol–water partition coefficient (Wildman–Crippen LogP) is 1.74. The number of aryl methyl sites for hydroxylation is 2. The molecule has 2 N–H and O–H groups in total. The molecule has 2 aromatic rings. The van der Waals surface area contributed by atoms with Gasteiger partial charge < -0.3 is 0 Å². The maximum Gasteiger partial charge on any atom is 0.290 e. The fraction of sp³-hybridized carbons (Fsp3) is 0.182. The van der Waals surface area contributed by atoms with E-state index in [9.17, 15) is 18.5 Å². The summed E-state index contributed by atoms with van der Waals surface area (Å²) in [4.78, 5) is 9.94. The van der Waals surface area contributed by atoms with Gasteiger partial charge >= 0.3 is 0 Å². The number of nitro benzene ring substituents is 1. The lowest BCUT2D eigenvalue weighted by molar-refractivity contribution is -0.387. The molecule has 8 nitrogen and oxygen atoms in total. The van der Waals surface area contributed by atoms with Crippen LogP contribution in [0, 0.1) is 24.0 Å². The number of sulfonamides is 1. The lowest BCUT2D eigenvalue weighted by Crippen LogP contribution is -2.15. The molecule has 0 aliphatic rings. The normalized spacial score (nSPS) is 11.3. The third-order valence-electron chi connectivity index (χ3n) is 2.81. The number of anilines is 1. The van der Waals surface area contributed by atoms with Gasteiger partial charge in [0.15, 0.2) is 4.90 Å². The van der Waals surface area contributed by atoms with E-state index in [-0.39, 0.29) is 10.7 Å². The van der Waals surface area contributed by atoms with E-state index in [1.165, 1.54) is 24.4 Å². The van der Waals surface area contributed by atoms with Crippen molar-refractivity contribution in [2.75, 3.05) is 4.72 Å². The smallest absolute Gasteiger partial charge is 0.264 e. The number of hydrogen-bond donors (Lipinski definition) is 2. The first-order valence-corrected chi connectivity index (χ1v) is 7.07. The van der Waals surface area contributed by atoms with Gasteiger partial charge in [-0.3, -0.25) is 19.9 Å². The molecular weight excluding hydrogens is 284 g/mol. The molecule has 0 saturated carbocycles. The van der Waals surface area contributed by atoms with Gasteiger partial charge in [0.2, 0.25) is 0 Å². The van der Waals surface area contributed by atoms with Crippen molar-refractivity contribution in [2.24, 2.45) is 0 Å². The van der Waals surface area contributed by atoms with E-state index in [4.69, 9.17) is 0 Å². The van der Waals surface area contributed by atoms with E-state index < -0.39 is 20.6 Å². The number of rotatable bonds is 4. The SMILES string of the molecule is Cc1cc([N+](=O)[O-])c(S(=O)(=O)Nc2ccn[nH]2)cc1C. The van der Waals surface area contributed by atoms with Gasteiger partial charge in [-0.2, -0.15) is 5.10 Å². The van der Waals surface area contributed by atoms with Crippen LogP contribution in [0.15, 0.2) is 29.3 Å². The number of H-pyrrole nitrogens is 1. The largest absolute Gasteiger partial charge is 0.290 e. The Morgan fingerprint density at radius 1 is 1.30 bits per heavy atom. The maximum atomic E-state index is 12.2. The third-order valence-corrected chi connectivity index (χ3v) is 4.20. The molecule has 0 aliphatic heterocycles. The second-order valence-corrected chi connectivity index (χ2v) is 5.89. The highest BCUT2D eigenvalue weighted by Crippen LogP contribution is 2.28. The molecule has 1 aromatic heterocycles. The van der Waals surface area contributed by atoms with Crippen LogP contribution in [0.25, 0.3) is 0 Å². The first-order chi connectivity index (χ1) is 9.31. The van der Waals surface area contributed by atoms with Gasteiger partial charge in [0.05, 0.1) is 11.1 Å². The highest BCUT2D eigenvalue weighted by Gasteiger charge is 2.27. The molecule has 1 heterocycles. The Labute approximate surface area is 115 Å². The number of nitrogens with one attached hydrogen (secondary N) is 2. The lowest BCUT2D eigenvalue weighted by atomic mass is 10.1. The molecular formula is C11H12N4O4S. The maximum absolute atomic E-state index is 12.2. The van der Waals surface area contributed by atoms with Crippen molar-refractivity contribution in [3.63, 3.8) is 0 Å². The Morgan fingerprint density at radius 3 is 2.50 bits per heavy atom. The molecule has 106 valence electrons. The lowest BCUT2D eigenvalue weighted by Gasteiger charge is -2.09. The van der Waals surface area contributed by atoms with Crippen molar-refractivity contribution in [1.82, 2.24) is 10.2 Å². The molecule has 0 radical (unpaired) electrons. The Bertz CT molecular complexity index is 753. The monoisotopic (exact) mass is 296 g/mol. The zero-order chi connectivity index (χ0) is 14.9. The third kappa shape index (κ3) is 2.62. The second-order valence-electron chi connectivity index (χ2n) is 4.24. The van der Waals surface area contributed by atoms with Crippen LogP contribution in [-0.2, 0) is 10.0 Å². The minimum absolute atomic E-state index is 0.137. The van der Waals surface area contributed by atoms with Gasteiger partial charge in [-0.15, -0.1) is 0 Å². The molecule has 20 heavy (non-hydrogen) atoms. The highest BCUT2D eigenvalue weighted by atomic mass is 32.2. The van der Waals surface area contributed by atoms with Crippen LogP contribution in [0.4, 0.5) is 11.5 Å². The molecule has 0 fully saturated rings. The minimum atomic E-state index is -4.06. The number of aromatic nitrogens is 2. The van der Waals surface area contributed by atoms with E-state index in [1.54, 1.807) is 13.8 Å². The first kappa shape index (κ1) is 14.0. The van der Waals surface area contributed by atoms with Crippen LogP contribution < -0.4 is 4.72 Å². The van der Waals surface area contributed by atoms with Crippen molar-refractivity contribution in [2.45, 2.75) is 18.7 Å². The van der Waals surface area contributed by atoms with Crippen molar-refractivity contribution in [3.05, 3.63) is 45.6 Å². The van der Waals surface area contributed by atoms with Crippen molar-refractivity contribution >= 4 is 21.5 Å². The van der Waals surface area contributed by atoms with Crippen LogP contribution >= 0.6 is 0 Å². The van der Waals surface area contributed by atoms with E-state index in [2.05, 4.69) is 14.9 Å². The summed E-state index contributed by atoms with van der Waals surface area (Å²) in [6, 6.07) is 3.94. The van der Waals surface area contributed by atoms with E-state index >= 15 is 0 Å². The quantitative estimate of drug-likeness (QED) is 0.658. The van der Waals surface area contributed by atoms with Crippen LogP contribution in [0.5, 0.6) is 0 Å². The summed E-state index contributed by atoms with van der Waals surface area (Å²) in [5, 5.41) is 17.1. The van der Waals surface area contributed by atoms with Crippen molar-refractivity contribution in [3.8, 4) is 0 Å². The molecule has 2 rings (SSSR count). The van der Waals surface area contributed by atoms with Crippen LogP contribution in [-0.4, -0.2) is 23.5 Å². The Hall–Kier alpha value is -2.42. The van der Waals surface area contributed by atoms with Gasteiger partial charge in [0.25, 0.3) is 15.7 Å². The van der Waals surface area contributed by atoms with E-state index in [1.807, 2.05) is 0 Å². The zero-order valence-corrected chi connectivity index (χ0v) is 11.6. The molecule has 0 atom stereocenters. The van der Waals surface area contributed by atoms with Gasteiger partial charge in [-0.1, -0.05) is 0 Å². The van der Waals surface area contributed by atoms with Crippen molar-refractivity contribution in [1.29, 1.82) is 0 Å². The topological polar surface area (TPSA) is 118 Å². The fourth-order valence-electron chi connectivity index (χ4n) is 1.64. The number of benzene rings is 1. The van der Waals surface area contributed by atoms with Crippen molar-refractivity contribution < 1.29 is 13.3 Å². The van der Waals surface area contributed by atoms with Gasteiger partial charge in [0, 0.05) is 12.1 Å². The standard InChI is InChI=1S/C11H12N4O4S/c1-7-5-9(15(16)17)10(6-8(7)2)20(18,19)14-11-3-4-12-13-11/h3-6H,1-2H3,(H2,12,13,14). The van der Waals surface area contributed by atoms with Gasteiger partial charge in [-0.05, 0) is 31.0 Å². The number of nitrogens with zero attached hydrogens (tertiary/aromatic N) is 2. The first-order valence-electron chi connectivity index (χ1n) is 5.59. The molecule has 0 saturated heterocycles. The second kappa shape index (κ2) is 4.93. The molecule has 0 spiro atoms. The average Bonchev–Trinajstić information content (AvgIpc) is 2.83. The molecule has 0 bridgehead atoms. The average molecular weight is 296 g/mol. The summed E-state index contributed by atoms with van der Waals surface area (Å²) in [7, 11) is -4.06. The van der Waals surface area contributed by atoms with Crippen LogP contribution in [0.2, 0.25) is 0 Å². The molecule has 1 aromatic carbocycles. The summed E-state index contributed by atoms with van der Waals surface area (Å²) >= 11 is 0. The predicted molar refractivity (Wildman–Crippen MR) is 72.0 cm³/mol.